The Morgan fingerprint density at radius 1 is 1.05 bits per heavy atom. The molecule has 0 aromatic heterocycles. The first-order valence-corrected chi connectivity index (χ1v) is 15.7. The first kappa shape index (κ1) is 27.3. The lowest BCUT2D eigenvalue weighted by molar-refractivity contribution is -0.0594. The number of fused-ring (bicyclic) bond motifs is 5. The number of esters is 1. The highest BCUT2D eigenvalue weighted by atomic mass is 35.5. The molecular formula is C34H49ClO2. The zero-order valence-electron chi connectivity index (χ0n) is 23.9. The van der Waals surface area contributed by atoms with Crippen LogP contribution < -0.4 is 0 Å². The molecule has 0 N–H and O–H groups in total. The molecule has 1 aromatic rings. The van der Waals surface area contributed by atoms with Crippen molar-refractivity contribution >= 4 is 17.6 Å². The summed E-state index contributed by atoms with van der Waals surface area (Å²) in [6.07, 6.45) is 16.7. The van der Waals surface area contributed by atoms with Gasteiger partial charge >= 0.3 is 5.97 Å². The van der Waals surface area contributed by atoms with Crippen molar-refractivity contribution < 1.29 is 9.53 Å². The van der Waals surface area contributed by atoms with Crippen molar-refractivity contribution in [2.24, 2.45) is 46.3 Å². The Morgan fingerprint density at radius 3 is 2.62 bits per heavy atom. The number of carbonyl (C=O) groups is 1. The summed E-state index contributed by atoms with van der Waals surface area (Å²) in [5, 5.41) is 0.579. The fraction of sp³-hybridized carbons (Fsp3) is 0.735. The van der Waals surface area contributed by atoms with Gasteiger partial charge in [0.15, 0.2) is 0 Å². The Kier molecular flexibility index (Phi) is 7.90. The molecule has 2 nitrogen and oxygen atoms in total. The second-order valence-corrected chi connectivity index (χ2v) is 14.5. The first-order valence-electron chi connectivity index (χ1n) is 15.3. The molecular weight excluding hydrogens is 476 g/mol. The van der Waals surface area contributed by atoms with Crippen molar-refractivity contribution in [1.82, 2.24) is 0 Å². The highest BCUT2D eigenvalue weighted by Crippen LogP contribution is 2.67. The number of hydrogen-bond donors (Lipinski definition) is 0. The van der Waals surface area contributed by atoms with E-state index in [1.807, 2.05) is 6.07 Å². The second kappa shape index (κ2) is 10.7. The van der Waals surface area contributed by atoms with E-state index in [0.717, 1.165) is 54.8 Å². The molecule has 4 aliphatic carbocycles. The van der Waals surface area contributed by atoms with Crippen LogP contribution in [0.15, 0.2) is 35.9 Å². The third-order valence-electron chi connectivity index (χ3n) is 11.6. The average Bonchev–Trinajstić information content (AvgIpc) is 3.21. The minimum absolute atomic E-state index is 0.0150. The third kappa shape index (κ3) is 5.18. The summed E-state index contributed by atoms with van der Waals surface area (Å²) >= 11 is 6.10. The molecule has 0 aliphatic heterocycles. The van der Waals surface area contributed by atoms with Gasteiger partial charge in [-0.2, -0.15) is 0 Å². The zero-order chi connectivity index (χ0) is 26.4. The summed E-state index contributed by atoms with van der Waals surface area (Å²) in [5.74, 6) is 4.88. The summed E-state index contributed by atoms with van der Waals surface area (Å²) in [4.78, 5) is 12.8. The van der Waals surface area contributed by atoms with Gasteiger partial charge in [-0.05, 0) is 109 Å². The van der Waals surface area contributed by atoms with E-state index in [2.05, 4.69) is 40.7 Å². The largest absolute Gasteiger partial charge is 0.458 e. The molecule has 8 atom stereocenters. The Labute approximate surface area is 231 Å². The maximum atomic E-state index is 12.8. The van der Waals surface area contributed by atoms with Crippen molar-refractivity contribution in [3.63, 3.8) is 0 Å². The Bertz CT molecular complexity index is 1010. The molecule has 0 heterocycles. The lowest BCUT2D eigenvalue weighted by Gasteiger charge is -2.58. The first-order chi connectivity index (χ1) is 17.6. The minimum Gasteiger partial charge on any atom is -0.458 e. The number of carbonyl (C=O) groups excluding carboxylic acids is 1. The summed E-state index contributed by atoms with van der Waals surface area (Å²) in [5.41, 5.74) is 2.94. The molecule has 1 aromatic carbocycles. The van der Waals surface area contributed by atoms with Gasteiger partial charge in [0.05, 0.1) is 5.56 Å². The van der Waals surface area contributed by atoms with E-state index >= 15 is 0 Å². The molecule has 5 rings (SSSR count). The molecule has 0 spiro atoms. The van der Waals surface area contributed by atoms with Gasteiger partial charge in [0.2, 0.25) is 0 Å². The number of halogens is 1. The van der Waals surface area contributed by atoms with Crippen LogP contribution in [-0.2, 0) is 4.74 Å². The minimum atomic E-state index is -0.238. The fourth-order valence-electron chi connectivity index (χ4n) is 9.59. The Hall–Kier alpha value is -1.28. The van der Waals surface area contributed by atoms with Gasteiger partial charge in [-0.1, -0.05) is 83.2 Å². The summed E-state index contributed by atoms with van der Waals surface area (Å²) < 4.78 is 6.00. The maximum absolute atomic E-state index is 12.8. The molecule has 3 saturated carbocycles. The van der Waals surface area contributed by atoms with Crippen LogP contribution in [-0.4, -0.2) is 12.1 Å². The molecule has 0 unspecified atom stereocenters. The van der Waals surface area contributed by atoms with Gasteiger partial charge in [0.1, 0.15) is 6.10 Å². The van der Waals surface area contributed by atoms with Crippen molar-refractivity contribution in [2.75, 3.05) is 0 Å². The van der Waals surface area contributed by atoms with Crippen LogP contribution in [0.2, 0.25) is 5.02 Å². The standard InChI is InChI=1S/C34H49ClO2/c1-22(2)8-6-9-23(3)29-14-15-30-28-13-12-25-21-27(37-32(36)24-10-7-11-26(35)20-24)16-18-33(25,4)31(28)17-19-34(29,30)5/h7,10-12,20,22-23,27-31H,6,8-9,13-19,21H2,1-5H3/t23-,27+,28-,29+,30-,31-,33-,34+/m0/s1. The summed E-state index contributed by atoms with van der Waals surface area (Å²) in [7, 11) is 0. The Morgan fingerprint density at radius 2 is 1.86 bits per heavy atom. The third-order valence-corrected chi connectivity index (χ3v) is 11.8. The molecule has 3 fully saturated rings. The molecule has 204 valence electrons. The van der Waals surface area contributed by atoms with Crippen molar-refractivity contribution in [1.29, 1.82) is 0 Å². The van der Waals surface area contributed by atoms with E-state index in [1.54, 1.807) is 23.8 Å². The van der Waals surface area contributed by atoms with Crippen LogP contribution in [0.3, 0.4) is 0 Å². The van der Waals surface area contributed by atoms with Crippen LogP contribution in [0, 0.1) is 46.3 Å². The van der Waals surface area contributed by atoms with Crippen LogP contribution in [0.5, 0.6) is 0 Å². The van der Waals surface area contributed by atoms with Gasteiger partial charge in [-0.3, -0.25) is 0 Å². The molecule has 3 heteroatoms. The quantitative estimate of drug-likeness (QED) is 0.262. The van der Waals surface area contributed by atoms with E-state index < -0.39 is 0 Å². The summed E-state index contributed by atoms with van der Waals surface area (Å²) in [6.45, 7) is 12.5. The average molecular weight is 525 g/mol. The van der Waals surface area contributed by atoms with Crippen LogP contribution in [0.1, 0.15) is 116 Å². The number of ether oxygens (including phenoxy) is 1. The predicted octanol–water partition coefficient (Wildman–Crippen LogP) is 9.91. The van der Waals surface area contributed by atoms with Crippen molar-refractivity contribution in [2.45, 2.75) is 111 Å². The van der Waals surface area contributed by atoms with Crippen LogP contribution in [0.4, 0.5) is 0 Å². The van der Waals surface area contributed by atoms with E-state index in [9.17, 15) is 4.79 Å². The molecule has 0 radical (unpaired) electrons. The maximum Gasteiger partial charge on any atom is 0.338 e. The molecule has 37 heavy (non-hydrogen) atoms. The van der Waals surface area contributed by atoms with Gasteiger partial charge in [-0.25, -0.2) is 4.79 Å². The topological polar surface area (TPSA) is 26.3 Å². The highest BCUT2D eigenvalue weighted by Gasteiger charge is 2.59. The van der Waals surface area contributed by atoms with Crippen LogP contribution >= 0.6 is 11.6 Å². The van der Waals surface area contributed by atoms with Gasteiger partial charge in [-0.15, -0.1) is 0 Å². The van der Waals surface area contributed by atoms with E-state index in [-0.39, 0.29) is 17.5 Å². The van der Waals surface area contributed by atoms with Gasteiger partial charge < -0.3 is 4.74 Å². The molecule has 0 bridgehead atoms. The molecule has 0 amide bonds. The van der Waals surface area contributed by atoms with Crippen LogP contribution in [0.25, 0.3) is 0 Å². The monoisotopic (exact) mass is 524 g/mol. The normalized spacial score (nSPS) is 37.8. The fourth-order valence-corrected chi connectivity index (χ4v) is 9.78. The number of rotatable bonds is 7. The van der Waals surface area contributed by atoms with E-state index in [0.29, 0.717) is 16.0 Å². The number of benzene rings is 1. The van der Waals surface area contributed by atoms with E-state index in [4.69, 9.17) is 16.3 Å². The highest BCUT2D eigenvalue weighted by molar-refractivity contribution is 6.30. The smallest absolute Gasteiger partial charge is 0.338 e. The Balaban J connectivity index is 1.25. The number of hydrogen-bond acceptors (Lipinski definition) is 2. The van der Waals surface area contributed by atoms with Crippen molar-refractivity contribution in [3.05, 3.63) is 46.5 Å². The lowest BCUT2D eigenvalue weighted by Crippen LogP contribution is -2.51. The SMILES string of the molecule is CC(C)CCC[C@H](C)[C@H]1CC[C@H]2[C@@H]3CC=C4C[C@H](OC(=O)c5cccc(Cl)c5)CC[C@]4(C)[C@H]3CC[C@]12C. The lowest BCUT2D eigenvalue weighted by atomic mass is 9.47. The number of allylic oxidation sites excluding steroid dienone is 1. The molecule has 0 saturated heterocycles. The zero-order valence-corrected chi connectivity index (χ0v) is 24.7. The van der Waals surface area contributed by atoms with E-state index in [1.165, 1.54) is 51.4 Å². The summed E-state index contributed by atoms with van der Waals surface area (Å²) in [6, 6.07) is 7.12. The second-order valence-electron chi connectivity index (χ2n) is 14.1. The van der Waals surface area contributed by atoms with Gasteiger partial charge in [0, 0.05) is 11.4 Å². The van der Waals surface area contributed by atoms with Crippen molar-refractivity contribution in [3.8, 4) is 0 Å². The van der Waals surface area contributed by atoms with Gasteiger partial charge in [0.25, 0.3) is 0 Å². The molecule has 4 aliphatic rings. The predicted molar refractivity (Wildman–Crippen MR) is 154 cm³/mol.